The van der Waals surface area contributed by atoms with Gasteiger partial charge in [-0.15, -0.1) is 0 Å². The quantitative estimate of drug-likeness (QED) is 0.617. The van der Waals surface area contributed by atoms with Crippen LogP contribution in [0.2, 0.25) is 5.02 Å². The van der Waals surface area contributed by atoms with Gasteiger partial charge in [-0.1, -0.05) is 37.4 Å². The Morgan fingerprint density at radius 2 is 1.84 bits per heavy atom. The third-order valence-corrected chi connectivity index (χ3v) is 6.07. The molecule has 1 aliphatic heterocycles. The van der Waals surface area contributed by atoms with Gasteiger partial charge in [-0.05, 0) is 43.6 Å². The number of aromatic nitrogens is 4. The zero-order valence-corrected chi connectivity index (χ0v) is 19.1. The summed E-state index contributed by atoms with van der Waals surface area (Å²) >= 11 is 6.23. The number of H-pyrrole nitrogens is 1. The van der Waals surface area contributed by atoms with E-state index in [1.165, 1.54) is 11.3 Å². The van der Waals surface area contributed by atoms with Gasteiger partial charge in [-0.2, -0.15) is 5.10 Å². The highest BCUT2D eigenvalue weighted by atomic mass is 35.5. The number of rotatable bonds is 5. The molecule has 31 heavy (non-hydrogen) atoms. The van der Waals surface area contributed by atoms with Crippen LogP contribution in [-0.4, -0.2) is 70.9 Å². The number of nitrogens with one attached hydrogen (secondary N) is 1. The molecule has 1 aromatic carbocycles. The largest absolute Gasteiger partial charge is 0.368 e. The van der Waals surface area contributed by atoms with Gasteiger partial charge in [-0.3, -0.25) is 10.00 Å². The molecule has 162 valence electrons. The third-order valence-electron chi connectivity index (χ3n) is 5.83. The van der Waals surface area contributed by atoms with E-state index < -0.39 is 0 Å². The van der Waals surface area contributed by atoms with E-state index in [2.05, 4.69) is 79.6 Å². The minimum absolute atomic E-state index is 0.658. The number of benzene rings is 1. The van der Waals surface area contributed by atoms with Crippen LogP contribution in [0.15, 0.2) is 24.5 Å². The Morgan fingerprint density at radius 3 is 2.58 bits per heavy atom. The average Bonchev–Trinajstić information content (AvgIpc) is 3.22. The number of aryl methyl sites for hydroxylation is 1. The van der Waals surface area contributed by atoms with Crippen LogP contribution >= 0.6 is 11.6 Å². The normalized spacial score (nSPS) is 14.2. The first kappa shape index (κ1) is 21.4. The monoisotopic (exact) mass is 437 g/mol. The number of fused-ring (bicyclic) bond motifs is 1. The maximum absolute atomic E-state index is 6.23. The van der Waals surface area contributed by atoms with Crippen LogP contribution in [-0.2, 0) is 0 Å². The molecule has 0 saturated carbocycles. The number of aromatic amines is 1. The molecule has 3 aromatic rings. The molecular formula is C23H28ClN7. The Morgan fingerprint density at radius 1 is 1.10 bits per heavy atom. The summed E-state index contributed by atoms with van der Waals surface area (Å²) in [6, 6.07) is 6.07. The molecule has 3 heterocycles. The highest BCUT2D eigenvalue weighted by Crippen LogP contribution is 2.28. The molecule has 0 spiro atoms. The van der Waals surface area contributed by atoms with Crippen molar-refractivity contribution in [1.82, 2.24) is 25.1 Å². The summed E-state index contributed by atoms with van der Waals surface area (Å²) in [4.78, 5) is 15.9. The Kier molecular flexibility index (Phi) is 6.59. The van der Waals surface area contributed by atoms with Crippen molar-refractivity contribution < 1.29 is 0 Å². The minimum atomic E-state index is 0.658. The van der Waals surface area contributed by atoms with Crippen LogP contribution < -0.4 is 9.80 Å². The molecule has 0 aliphatic carbocycles. The molecule has 0 amide bonds. The summed E-state index contributed by atoms with van der Waals surface area (Å²) < 4.78 is 0. The number of anilines is 2. The van der Waals surface area contributed by atoms with Crippen molar-refractivity contribution in [2.24, 2.45) is 0 Å². The number of hydrogen-bond donors (Lipinski definition) is 1. The van der Waals surface area contributed by atoms with Crippen LogP contribution in [0.4, 0.5) is 11.5 Å². The summed E-state index contributed by atoms with van der Waals surface area (Å²) in [6.07, 6.45) is 1.58. The average molecular weight is 438 g/mol. The van der Waals surface area contributed by atoms with Gasteiger partial charge in [0.05, 0.1) is 11.9 Å². The van der Waals surface area contributed by atoms with Gasteiger partial charge < -0.3 is 9.80 Å². The van der Waals surface area contributed by atoms with E-state index >= 15 is 0 Å². The molecule has 0 atom stereocenters. The highest BCUT2D eigenvalue weighted by Gasteiger charge is 2.23. The molecule has 1 fully saturated rings. The smallest absolute Gasteiger partial charge is 0.187 e. The summed E-state index contributed by atoms with van der Waals surface area (Å²) in [6.45, 7) is 12.6. The van der Waals surface area contributed by atoms with E-state index in [1.54, 1.807) is 6.33 Å². The van der Waals surface area contributed by atoms with Crippen molar-refractivity contribution in [3.8, 4) is 11.8 Å². The molecule has 2 aromatic heterocycles. The first-order valence-corrected chi connectivity index (χ1v) is 11.1. The molecule has 1 N–H and O–H groups in total. The molecule has 8 heteroatoms. The van der Waals surface area contributed by atoms with Gasteiger partial charge in [0.1, 0.15) is 17.8 Å². The maximum Gasteiger partial charge on any atom is 0.187 e. The molecule has 0 bridgehead atoms. The Balaban J connectivity index is 1.55. The number of nitrogens with zero attached hydrogens (tertiary/aromatic N) is 6. The van der Waals surface area contributed by atoms with Crippen molar-refractivity contribution in [2.45, 2.75) is 20.8 Å². The lowest BCUT2D eigenvalue weighted by molar-refractivity contribution is 0.342. The van der Waals surface area contributed by atoms with Crippen molar-refractivity contribution in [2.75, 3.05) is 55.6 Å². The van der Waals surface area contributed by atoms with Gasteiger partial charge >= 0.3 is 0 Å². The van der Waals surface area contributed by atoms with Gasteiger partial charge in [0.25, 0.3) is 0 Å². The molecule has 0 radical (unpaired) electrons. The first-order chi connectivity index (χ1) is 15.1. The zero-order valence-electron chi connectivity index (χ0n) is 18.3. The fourth-order valence-corrected chi connectivity index (χ4v) is 4.11. The van der Waals surface area contributed by atoms with Gasteiger partial charge in [0.2, 0.25) is 0 Å². The van der Waals surface area contributed by atoms with Gasteiger partial charge in [-0.25, -0.2) is 9.97 Å². The molecule has 1 aliphatic rings. The van der Waals surface area contributed by atoms with Crippen LogP contribution in [0.1, 0.15) is 25.1 Å². The predicted octanol–water partition coefficient (Wildman–Crippen LogP) is 3.33. The third kappa shape index (κ3) is 4.60. The second-order valence-electron chi connectivity index (χ2n) is 7.66. The SMILES string of the molecule is CCN(CC)CC#Cc1[nH]nc2ncnc(N3CCN(c4cc(Cl)ccc4C)CC3)c12. The molecule has 0 unspecified atom stereocenters. The van der Waals surface area contributed by atoms with E-state index in [0.29, 0.717) is 5.65 Å². The van der Waals surface area contributed by atoms with E-state index in [0.717, 1.165) is 67.7 Å². The summed E-state index contributed by atoms with van der Waals surface area (Å²) in [5.41, 5.74) is 3.88. The highest BCUT2D eigenvalue weighted by molar-refractivity contribution is 6.30. The summed E-state index contributed by atoms with van der Waals surface area (Å²) in [7, 11) is 0. The molecular weight excluding hydrogens is 410 g/mol. The predicted molar refractivity (Wildman–Crippen MR) is 127 cm³/mol. The number of halogens is 1. The first-order valence-electron chi connectivity index (χ1n) is 10.8. The van der Waals surface area contributed by atoms with E-state index in [-0.39, 0.29) is 0 Å². The molecule has 1 saturated heterocycles. The summed E-state index contributed by atoms with van der Waals surface area (Å²) in [5.74, 6) is 7.41. The standard InChI is InChI=1S/C23H28ClN7/c1-4-29(5-2)10-6-7-19-21-22(28-27-19)25-16-26-23(21)31-13-11-30(12-14-31)20-15-18(24)9-8-17(20)3/h8-9,15-16H,4-5,10-14H2,1-3H3,(H,25,26,27,28). The maximum atomic E-state index is 6.23. The lowest BCUT2D eigenvalue weighted by Gasteiger charge is -2.37. The minimum Gasteiger partial charge on any atom is -0.368 e. The van der Waals surface area contributed by atoms with Crippen molar-refractivity contribution >= 4 is 34.1 Å². The van der Waals surface area contributed by atoms with Crippen molar-refractivity contribution in [3.05, 3.63) is 40.8 Å². The van der Waals surface area contributed by atoms with Crippen molar-refractivity contribution in [3.63, 3.8) is 0 Å². The second kappa shape index (κ2) is 9.54. The van der Waals surface area contributed by atoms with Crippen LogP contribution in [0, 0.1) is 18.8 Å². The van der Waals surface area contributed by atoms with E-state index in [4.69, 9.17) is 11.6 Å². The van der Waals surface area contributed by atoms with Crippen LogP contribution in [0.5, 0.6) is 0 Å². The lowest BCUT2D eigenvalue weighted by Crippen LogP contribution is -2.47. The summed E-state index contributed by atoms with van der Waals surface area (Å²) in [5, 5.41) is 9.08. The number of piperazine rings is 1. The van der Waals surface area contributed by atoms with Crippen LogP contribution in [0.25, 0.3) is 11.0 Å². The molecule has 7 nitrogen and oxygen atoms in total. The number of hydrogen-bond acceptors (Lipinski definition) is 6. The van der Waals surface area contributed by atoms with E-state index in [9.17, 15) is 0 Å². The fourth-order valence-electron chi connectivity index (χ4n) is 3.94. The zero-order chi connectivity index (χ0) is 21.8. The van der Waals surface area contributed by atoms with E-state index in [1.807, 2.05) is 6.07 Å². The topological polar surface area (TPSA) is 64.2 Å². The van der Waals surface area contributed by atoms with Gasteiger partial charge in [0.15, 0.2) is 5.65 Å². The molecule has 4 rings (SSSR count). The Bertz CT molecular complexity index is 1100. The second-order valence-corrected chi connectivity index (χ2v) is 8.10. The van der Waals surface area contributed by atoms with Gasteiger partial charge in [0, 0.05) is 36.9 Å². The van der Waals surface area contributed by atoms with Crippen LogP contribution in [0.3, 0.4) is 0 Å². The Labute approximate surface area is 188 Å². The Hall–Kier alpha value is -2.82. The van der Waals surface area contributed by atoms with Crippen molar-refractivity contribution in [1.29, 1.82) is 0 Å². The fraction of sp³-hybridized carbons (Fsp3) is 0.435. The lowest BCUT2D eigenvalue weighted by atomic mass is 10.1.